The van der Waals surface area contributed by atoms with Gasteiger partial charge in [0.1, 0.15) is 5.58 Å². The Morgan fingerprint density at radius 1 is 1.30 bits per heavy atom. The molecule has 0 radical (unpaired) electrons. The summed E-state index contributed by atoms with van der Waals surface area (Å²) in [7, 11) is 0. The van der Waals surface area contributed by atoms with Gasteiger partial charge in [0.2, 0.25) is 5.82 Å². The second kappa shape index (κ2) is 7.52. The first kappa shape index (κ1) is 17.7. The van der Waals surface area contributed by atoms with Crippen LogP contribution in [0.25, 0.3) is 22.6 Å². The Hall–Kier alpha value is -2.67. The summed E-state index contributed by atoms with van der Waals surface area (Å²) in [5.74, 6) is 1.22. The molecule has 0 bridgehead atoms. The Labute approximate surface area is 157 Å². The molecule has 3 heterocycles. The number of para-hydroxylation sites is 1. The topological polar surface area (TPSA) is 84.4 Å². The Morgan fingerprint density at radius 2 is 2.07 bits per heavy atom. The molecule has 1 N–H and O–H groups in total. The minimum absolute atomic E-state index is 0.0443. The van der Waals surface area contributed by atoms with E-state index in [0.717, 1.165) is 42.1 Å². The van der Waals surface area contributed by atoms with E-state index in [9.17, 15) is 4.79 Å². The largest absolute Gasteiger partial charge is 0.452 e. The van der Waals surface area contributed by atoms with Crippen LogP contribution >= 0.6 is 0 Å². The quantitative estimate of drug-likeness (QED) is 0.744. The molecule has 0 unspecified atom stereocenters. The number of fused-ring (bicyclic) bond motifs is 1. The summed E-state index contributed by atoms with van der Waals surface area (Å²) < 4.78 is 11.0. The fourth-order valence-electron chi connectivity index (χ4n) is 3.48. The maximum absolute atomic E-state index is 12.3. The number of carbonyl (C=O) groups is 1. The van der Waals surface area contributed by atoms with E-state index in [1.54, 1.807) is 0 Å². The lowest BCUT2D eigenvalue weighted by Gasteiger charge is -2.29. The van der Waals surface area contributed by atoms with Crippen LogP contribution < -0.4 is 5.32 Å². The summed E-state index contributed by atoms with van der Waals surface area (Å²) in [6.45, 7) is 7.81. The number of nitrogens with zero attached hydrogens (tertiary/aromatic N) is 3. The summed E-state index contributed by atoms with van der Waals surface area (Å²) in [5.41, 5.74) is 1.69. The number of aromatic nitrogens is 2. The minimum Gasteiger partial charge on any atom is -0.452 e. The fraction of sp³-hybridized carbons (Fsp3) is 0.450. The molecular formula is C20H24N4O3. The molecule has 1 aromatic carbocycles. The molecule has 3 aromatic rings. The van der Waals surface area contributed by atoms with E-state index < -0.39 is 0 Å². The smallest absolute Gasteiger partial charge is 0.316 e. The van der Waals surface area contributed by atoms with Crippen LogP contribution in [-0.4, -0.2) is 47.1 Å². The van der Waals surface area contributed by atoms with Gasteiger partial charge in [-0.15, -0.1) is 0 Å². The second-order valence-corrected chi connectivity index (χ2v) is 7.26. The molecule has 1 saturated heterocycles. The monoisotopic (exact) mass is 368 g/mol. The van der Waals surface area contributed by atoms with E-state index in [2.05, 4.69) is 27.3 Å². The lowest BCUT2D eigenvalue weighted by atomic mass is 9.99. The third kappa shape index (κ3) is 3.73. The first-order valence-corrected chi connectivity index (χ1v) is 9.44. The van der Waals surface area contributed by atoms with E-state index >= 15 is 0 Å². The molecule has 1 aliphatic heterocycles. The van der Waals surface area contributed by atoms with Crippen molar-refractivity contribution < 1.29 is 13.7 Å². The Kier molecular flexibility index (Phi) is 4.94. The van der Waals surface area contributed by atoms with Gasteiger partial charge in [0.25, 0.3) is 0 Å². The van der Waals surface area contributed by atoms with Gasteiger partial charge in [0.05, 0.1) is 0 Å². The van der Waals surface area contributed by atoms with Crippen molar-refractivity contribution in [1.29, 1.82) is 0 Å². The van der Waals surface area contributed by atoms with Gasteiger partial charge in [-0.25, -0.2) is 0 Å². The van der Waals surface area contributed by atoms with Crippen molar-refractivity contribution in [2.45, 2.75) is 26.7 Å². The van der Waals surface area contributed by atoms with Crippen molar-refractivity contribution in [3.8, 4) is 11.6 Å². The fourth-order valence-corrected chi connectivity index (χ4v) is 3.48. The zero-order valence-corrected chi connectivity index (χ0v) is 15.7. The van der Waals surface area contributed by atoms with Gasteiger partial charge in [0, 0.05) is 24.0 Å². The number of nitrogens with one attached hydrogen (secondary N) is 1. The zero-order valence-electron chi connectivity index (χ0n) is 15.7. The number of benzene rings is 1. The summed E-state index contributed by atoms with van der Waals surface area (Å²) in [6.07, 6.45) is 2.44. The van der Waals surface area contributed by atoms with E-state index in [1.807, 2.05) is 31.2 Å². The molecule has 1 aliphatic rings. The average molecular weight is 368 g/mol. The Bertz CT molecular complexity index is 938. The van der Waals surface area contributed by atoms with Crippen LogP contribution in [0.4, 0.5) is 0 Å². The number of rotatable bonds is 5. The first-order valence-electron chi connectivity index (χ1n) is 9.44. The SMILES string of the molecule is Cc1c(-c2noc(C(=O)NCCN3CCC(C)CC3)n2)oc2ccccc12. The minimum atomic E-state index is -0.354. The molecule has 142 valence electrons. The molecule has 1 amide bonds. The lowest BCUT2D eigenvalue weighted by molar-refractivity contribution is 0.0901. The van der Waals surface area contributed by atoms with Gasteiger partial charge < -0.3 is 19.2 Å². The summed E-state index contributed by atoms with van der Waals surface area (Å²) in [6, 6.07) is 7.73. The Balaban J connectivity index is 1.38. The molecule has 27 heavy (non-hydrogen) atoms. The van der Waals surface area contributed by atoms with Gasteiger partial charge in [-0.2, -0.15) is 4.98 Å². The number of hydrogen-bond donors (Lipinski definition) is 1. The van der Waals surface area contributed by atoms with E-state index in [1.165, 1.54) is 12.8 Å². The van der Waals surface area contributed by atoms with Crippen molar-refractivity contribution in [3.05, 3.63) is 35.7 Å². The van der Waals surface area contributed by atoms with Crippen LogP contribution in [-0.2, 0) is 0 Å². The predicted molar refractivity (Wildman–Crippen MR) is 101 cm³/mol. The summed E-state index contributed by atoms with van der Waals surface area (Å²) >= 11 is 0. The first-order chi connectivity index (χ1) is 13.1. The normalized spacial score (nSPS) is 16.1. The molecule has 7 nitrogen and oxygen atoms in total. The third-order valence-corrected chi connectivity index (χ3v) is 5.26. The van der Waals surface area contributed by atoms with Crippen LogP contribution in [0.3, 0.4) is 0 Å². The lowest BCUT2D eigenvalue weighted by Crippen LogP contribution is -2.39. The molecule has 7 heteroatoms. The van der Waals surface area contributed by atoms with Gasteiger partial charge >= 0.3 is 11.8 Å². The predicted octanol–water partition coefficient (Wildman–Crippen LogP) is 3.25. The average Bonchev–Trinajstić information content (AvgIpc) is 3.29. The van der Waals surface area contributed by atoms with Crippen molar-refractivity contribution in [2.24, 2.45) is 5.92 Å². The molecule has 1 fully saturated rings. The summed E-state index contributed by atoms with van der Waals surface area (Å²) in [5, 5.41) is 7.77. The number of hydrogen-bond acceptors (Lipinski definition) is 6. The maximum Gasteiger partial charge on any atom is 0.316 e. The number of furan rings is 1. The van der Waals surface area contributed by atoms with Crippen molar-refractivity contribution >= 4 is 16.9 Å². The van der Waals surface area contributed by atoms with Crippen LogP contribution in [0.5, 0.6) is 0 Å². The summed E-state index contributed by atoms with van der Waals surface area (Å²) in [4.78, 5) is 18.9. The maximum atomic E-state index is 12.3. The van der Waals surface area contributed by atoms with E-state index in [4.69, 9.17) is 8.94 Å². The number of carbonyl (C=O) groups excluding carboxylic acids is 1. The highest BCUT2D eigenvalue weighted by Gasteiger charge is 2.21. The van der Waals surface area contributed by atoms with Gasteiger partial charge in [0.15, 0.2) is 5.76 Å². The van der Waals surface area contributed by atoms with Gasteiger partial charge in [-0.1, -0.05) is 30.3 Å². The number of piperidine rings is 1. The molecule has 0 atom stereocenters. The van der Waals surface area contributed by atoms with Crippen molar-refractivity contribution in [2.75, 3.05) is 26.2 Å². The second-order valence-electron chi connectivity index (χ2n) is 7.26. The number of aryl methyl sites for hydroxylation is 1. The van der Waals surface area contributed by atoms with Crippen LogP contribution in [0, 0.1) is 12.8 Å². The van der Waals surface area contributed by atoms with Crippen LogP contribution in [0.1, 0.15) is 36.0 Å². The molecule has 2 aromatic heterocycles. The zero-order chi connectivity index (χ0) is 18.8. The Morgan fingerprint density at radius 3 is 2.85 bits per heavy atom. The van der Waals surface area contributed by atoms with E-state index in [0.29, 0.717) is 18.1 Å². The third-order valence-electron chi connectivity index (χ3n) is 5.26. The van der Waals surface area contributed by atoms with Crippen LogP contribution in [0.15, 0.2) is 33.2 Å². The highest BCUT2D eigenvalue weighted by Crippen LogP contribution is 2.31. The van der Waals surface area contributed by atoms with Gasteiger partial charge in [-0.3, -0.25) is 4.79 Å². The number of amides is 1. The molecule has 0 aliphatic carbocycles. The van der Waals surface area contributed by atoms with Crippen molar-refractivity contribution in [3.63, 3.8) is 0 Å². The highest BCUT2D eigenvalue weighted by atomic mass is 16.5. The van der Waals surface area contributed by atoms with E-state index in [-0.39, 0.29) is 11.8 Å². The molecular weight excluding hydrogens is 344 g/mol. The molecule has 0 saturated carbocycles. The van der Waals surface area contributed by atoms with Gasteiger partial charge in [-0.05, 0) is 44.8 Å². The molecule has 4 rings (SSSR count). The number of likely N-dealkylation sites (tertiary alicyclic amines) is 1. The van der Waals surface area contributed by atoms with Crippen molar-refractivity contribution in [1.82, 2.24) is 20.4 Å². The highest BCUT2D eigenvalue weighted by molar-refractivity contribution is 5.90. The standard InChI is InChI=1S/C20H24N4O3/c1-13-7-10-24(11-8-13)12-9-21-19(25)20-22-18(23-27-20)17-14(2)15-5-3-4-6-16(15)26-17/h3-6,13H,7-12H2,1-2H3,(H,21,25). The molecule has 0 spiro atoms. The van der Waals surface area contributed by atoms with Crippen LogP contribution in [0.2, 0.25) is 0 Å².